The van der Waals surface area contributed by atoms with E-state index in [4.69, 9.17) is 5.73 Å². The van der Waals surface area contributed by atoms with Crippen molar-refractivity contribution in [3.05, 3.63) is 21.9 Å². The summed E-state index contributed by atoms with van der Waals surface area (Å²) < 4.78 is 4.63. The van der Waals surface area contributed by atoms with Crippen molar-refractivity contribution in [1.82, 2.24) is 0 Å². The second-order valence-corrected chi connectivity index (χ2v) is 4.13. The SMILES string of the molecule is COC(=O)CC(CN)c1sccc1C. The molecule has 0 amide bonds. The van der Waals surface area contributed by atoms with Gasteiger partial charge in [-0.05, 0) is 23.9 Å². The van der Waals surface area contributed by atoms with Gasteiger partial charge in [-0.15, -0.1) is 11.3 Å². The molecule has 1 aromatic heterocycles. The lowest BCUT2D eigenvalue weighted by atomic mass is 10.0. The Labute approximate surface area is 87.9 Å². The molecular formula is C10H15NO2S. The Hall–Kier alpha value is -0.870. The van der Waals surface area contributed by atoms with Gasteiger partial charge in [-0.1, -0.05) is 0 Å². The number of carbonyl (C=O) groups is 1. The van der Waals surface area contributed by atoms with Crippen LogP contribution in [0, 0.1) is 6.92 Å². The lowest BCUT2D eigenvalue weighted by Gasteiger charge is -2.12. The van der Waals surface area contributed by atoms with Crippen LogP contribution in [-0.4, -0.2) is 19.6 Å². The standard InChI is InChI=1S/C10H15NO2S/c1-7-3-4-14-10(7)8(6-11)5-9(12)13-2/h3-4,8H,5-6,11H2,1-2H3. The highest BCUT2D eigenvalue weighted by molar-refractivity contribution is 7.10. The fraction of sp³-hybridized carbons (Fsp3) is 0.500. The normalized spacial score (nSPS) is 12.5. The van der Waals surface area contributed by atoms with Crippen molar-refractivity contribution in [2.45, 2.75) is 19.3 Å². The summed E-state index contributed by atoms with van der Waals surface area (Å²) in [7, 11) is 1.40. The van der Waals surface area contributed by atoms with Crippen LogP contribution in [0.4, 0.5) is 0 Å². The third kappa shape index (κ3) is 2.56. The molecule has 0 aliphatic rings. The number of rotatable bonds is 4. The maximum Gasteiger partial charge on any atom is 0.306 e. The quantitative estimate of drug-likeness (QED) is 0.774. The van der Waals surface area contributed by atoms with Crippen molar-refractivity contribution in [2.24, 2.45) is 5.73 Å². The Morgan fingerprint density at radius 2 is 2.43 bits per heavy atom. The highest BCUT2D eigenvalue weighted by Gasteiger charge is 2.17. The fourth-order valence-electron chi connectivity index (χ4n) is 1.37. The van der Waals surface area contributed by atoms with Gasteiger partial charge in [0, 0.05) is 17.3 Å². The third-order valence-corrected chi connectivity index (χ3v) is 3.38. The summed E-state index contributed by atoms with van der Waals surface area (Å²) in [6.45, 7) is 2.52. The maximum atomic E-state index is 11.1. The molecular weight excluding hydrogens is 198 g/mol. The number of ether oxygens (including phenoxy) is 1. The predicted octanol–water partition coefficient (Wildman–Crippen LogP) is 1.66. The summed E-state index contributed by atoms with van der Waals surface area (Å²) in [6.07, 6.45) is 0.369. The highest BCUT2D eigenvalue weighted by Crippen LogP contribution is 2.27. The summed E-state index contributed by atoms with van der Waals surface area (Å²) >= 11 is 1.65. The van der Waals surface area contributed by atoms with E-state index in [-0.39, 0.29) is 11.9 Å². The minimum atomic E-state index is -0.201. The van der Waals surface area contributed by atoms with E-state index >= 15 is 0 Å². The molecule has 0 saturated heterocycles. The lowest BCUT2D eigenvalue weighted by Crippen LogP contribution is -2.17. The van der Waals surface area contributed by atoms with Gasteiger partial charge < -0.3 is 10.5 Å². The molecule has 1 aromatic rings. The van der Waals surface area contributed by atoms with Gasteiger partial charge in [0.1, 0.15) is 0 Å². The number of esters is 1. The van der Waals surface area contributed by atoms with Crippen LogP contribution in [0.5, 0.6) is 0 Å². The molecule has 0 saturated carbocycles. The Balaban J connectivity index is 2.72. The largest absolute Gasteiger partial charge is 0.469 e. The number of hydrogen-bond donors (Lipinski definition) is 1. The van der Waals surface area contributed by atoms with Crippen molar-refractivity contribution in [1.29, 1.82) is 0 Å². The predicted molar refractivity (Wildman–Crippen MR) is 57.5 cm³/mol. The lowest BCUT2D eigenvalue weighted by molar-refractivity contribution is -0.141. The Morgan fingerprint density at radius 1 is 1.71 bits per heavy atom. The average molecular weight is 213 g/mol. The minimum Gasteiger partial charge on any atom is -0.469 e. The van der Waals surface area contributed by atoms with E-state index in [0.717, 1.165) is 0 Å². The van der Waals surface area contributed by atoms with E-state index in [1.165, 1.54) is 17.6 Å². The van der Waals surface area contributed by atoms with Crippen molar-refractivity contribution in [2.75, 3.05) is 13.7 Å². The Morgan fingerprint density at radius 3 is 2.86 bits per heavy atom. The van der Waals surface area contributed by atoms with E-state index in [9.17, 15) is 4.79 Å². The molecule has 1 unspecified atom stereocenters. The van der Waals surface area contributed by atoms with E-state index in [1.807, 2.05) is 18.4 Å². The van der Waals surface area contributed by atoms with Gasteiger partial charge in [0.05, 0.1) is 13.5 Å². The molecule has 0 radical (unpaired) electrons. The molecule has 0 fully saturated rings. The molecule has 1 heterocycles. The first-order valence-electron chi connectivity index (χ1n) is 4.50. The van der Waals surface area contributed by atoms with E-state index < -0.39 is 0 Å². The molecule has 0 aliphatic carbocycles. The number of aryl methyl sites for hydroxylation is 1. The van der Waals surface area contributed by atoms with Gasteiger partial charge in [-0.3, -0.25) is 4.79 Å². The first-order valence-corrected chi connectivity index (χ1v) is 5.37. The van der Waals surface area contributed by atoms with Gasteiger partial charge in [0.2, 0.25) is 0 Å². The second kappa shape index (κ2) is 5.12. The average Bonchev–Trinajstić information content (AvgIpc) is 2.60. The summed E-state index contributed by atoms with van der Waals surface area (Å²) in [4.78, 5) is 12.3. The van der Waals surface area contributed by atoms with Crippen LogP contribution in [-0.2, 0) is 9.53 Å². The summed E-state index contributed by atoms with van der Waals surface area (Å²) in [5.74, 6) is -0.101. The number of carbonyl (C=O) groups excluding carboxylic acids is 1. The molecule has 0 aliphatic heterocycles. The van der Waals surface area contributed by atoms with E-state index in [0.29, 0.717) is 13.0 Å². The van der Waals surface area contributed by atoms with E-state index in [2.05, 4.69) is 4.74 Å². The van der Waals surface area contributed by atoms with Crippen molar-refractivity contribution in [3.63, 3.8) is 0 Å². The van der Waals surface area contributed by atoms with Gasteiger partial charge in [-0.25, -0.2) is 0 Å². The number of methoxy groups -OCH3 is 1. The van der Waals surface area contributed by atoms with Crippen LogP contribution in [0.15, 0.2) is 11.4 Å². The van der Waals surface area contributed by atoms with Crippen LogP contribution >= 0.6 is 11.3 Å². The maximum absolute atomic E-state index is 11.1. The summed E-state index contributed by atoms with van der Waals surface area (Å²) in [5, 5.41) is 2.02. The first-order chi connectivity index (χ1) is 6.69. The van der Waals surface area contributed by atoms with Crippen molar-refractivity contribution in [3.8, 4) is 0 Å². The number of thiophene rings is 1. The van der Waals surface area contributed by atoms with Crippen LogP contribution in [0.25, 0.3) is 0 Å². The topological polar surface area (TPSA) is 52.3 Å². The molecule has 1 rings (SSSR count). The first kappa shape index (κ1) is 11.2. The molecule has 3 nitrogen and oxygen atoms in total. The van der Waals surface area contributed by atoms with Crippen LogP contribution in [0.3, 0.4) is 0 Å². The highest BCUT2D eigenvalue weighted by atomic mass is 32.1. The summed E-state index contributed by atoms with van der Waals surface area (Å²) in [5.41, 5.74) is 6.84. The smallest absolute Gasteiger partial charge is 0.306 e. The monoisotopic (exact) mass is 213 g/mol. The van der Waals surface area contributed by atoms with Gasteiger partial charge in [0.15, 0.2) is 0 Å². The van der Waals surface area contributed by atoms with Crippen LogP contribution < -0.4 is 5.73 Å². The van der Waals surface area contributed by atoms with Gasteiger partial charge in [-0.2, -0.15) is 0 Å². The molecule has 78 valence electrons. The van der Waals surface area contributed by atoms with Gasteiger partial charge in [0.25, 0.3) is 0 Å². The van der Waals surface area contributed by atoms with E-state index in [1.54, 1.807) is 11.3 Å². The third-order valence-electron chi connectivity index (χ3n) is 2.20. The number of nitrogens with two attached hydrogens (primary N) is 1. The van der Waals surface area contributed by atoms with Gasteiger partial charge >= 0.3 is 5.97 Å². The Kier molecular flexibility index (Phi) is 4.10. The Bertz CT molecular complexity index is 309. The second-order valence-electron chi connectivity index (χ2n) is 3.18. The zero-order chi connectivity index (χ0) is 10.6. The molecule has 0 spiro atoms. The van der Waals surface area contributed by atoms with Crippen LogP contribution in [0.2, 0.25) is 0 Å². The van der Waals surface area contributed by atoms with Crippen LogP contribution in [0.1, 0.15) is 22.8 Å². The molecule has 4 heteroatoms. The summed E-state index contributed by atoms with van der Waals surface area (Å²) in [6, 6.07) is 2.04. The molecule has 0 bridgehead atoms. The fourth-order valence-corrected chi connectivity index (χ4v) is 2.41. The minimum absolute atomic E-state index is 0.0995. The zero-order valence-corrected chi connectivity index (χ0v) is 9.26. The van der Waals surface area contributed by atoms with Crippen molar-refractivity contribution >= 4 is 17.3 Å². The molecule has 14 heavy (non-hydrogen) atoms. The molecule has 1 atom stereocenters. The molecule has 0 aromatic carbocycles. The number of hydrogen-bond acceptors (Lipinski definition) is 4. The molecule has 2 N–H and O–H groups in total. The van der Waals surface area contributed by atoms with Crippen molar-refractivity contribution < 1.29 is 9.53 Å². The zero-order valence-electron chi connectivity index (χ0n) is 8.45.